The van der Waals surface area contributed by atoms with Crippen molar-refractivity contribution in [3.63, 3.8) is 0 Å². The van der Waals surface area contributed by atoms with E-state index in [4.69, 9.17) is 0 Å². The van der Waals surface area contributed by atoms with E-state index >= 15 is 0 Å². The van der Waals surface area contributed by atoms with E-state index in [0.717, 1.165) is 24.8 Å². The van der Waals surface area contributed by atoms with Crippen LogP contribution in [0.1, 0.15) is 32.6 Å². The van der Waals surface area contributed by atoms with Crippen molar-refractivity contribution in [2.24, 2.45) is 0 Å². The maximum Gasteiger partial charge on any atom is 0.128 e. The van der Waals surface area contributed by atoms with Crippen LogP contribution in [0, 0.1) is 0 Å². The molecule has 1 nitrogen and oxygen atoms in total. The first kappa shape index (κ1) is 9.02. The maximum absolute atomic E-state index is 10.5. The summed E-state index contributed by atoms with van der Waals surface area (Å²) >= 11 is 0. The number of unbranched alkanes of at least 4 members (excludes halogenated alkanes) is 1. The van der Waals surface area contributed by atoms with Gasteiger partial charge in [-0.2, -0.15) is 0 Å². The van der Waals surface area contributed by atoms with Gasteiger partial charge in [-0.15, -0.1) is 0 Å². The fourth-order valence-electron chi connectivity index (χ4n) is 1.31. The molecule has 0 aromatic heterocycles. The van der Waals surface area contributed by atoms with Crippen LogP contribution in [0.2, 0.25) is 0 Å². The van der Waals surface area contributed by atoms with Crippen molar-refractivity contribution in [2.75, 3.05) is 0 Å². The lowest BCUT2D eigenvalue weighted by atomic mass is 9.95. The lowest BCUT2D eigenvalue weighted by molar-refractivity contribution is 0.566. The Kier molecular flexibility index (Phi) is 3.56. The molecule has 0 radical (unpaired) electrons. The summed E-state index contributed by atoms with van der Waals surface area (Å²) in [5, 5.41) is 0. The minimum atomic E-state index is 0.763. The van der Waals surface area contributed by atoms with Gasteiger partial charge in [0, 0.05) is 12.0 Å². The van der Waals surface area contributed by atoms with Gasteiger partial charge < -0.3 is 0 Å². The molecule has 0 bridgehead atoms. The van der Waals surface area contributed by atoms with E-state index in [1.165, 1.54) is 12.0 Å². The molecule has 0 saturated heterocycles. The predicted octanol–water partition coefficient (Wildman–Crippen LogP) is 2.82. The second kappa shape index (κ2) is 4.74. The van der Waals surface area contributed by atoms with E-state index in [9.17, 15) is 4.79 Å². The fraction of sp³-hybridized carbons (Fsp3) is 0.455. The molecule has 0 aliphatic heterocycles. The first-order chi connectivity index (χ1) is 5.88. The van der Waals surface area contributed by atoms with Gasteiger partial charge in [-0.1, -0.05) is 31.6 Å². The Morgan fingerprint density at radius 2 is 2.42 bits per heavy atom. The van der Waals surface area contributed by atoms with Crippen molar-refractivity contribution >= 4 is 5.94 Å². The largest absolute Gasteiger partial charge is 0.233 e. The number of allylic oxidation sites excluding steroid dienone is 5. The summed E-state index contributed by atoms with van der Waals surface area (Å²) in [6, 6.07) is 0. The highest BCUT2D eigenvalue weighted by Gasteiger charge is 2.06. The zero-order chi connectivity index (χ0) is 8.81. The Hall–Kier alpha value is -1.07. The molecular weight excluding hydrogens is 148 g/mol. The molecule has 0 aromatic rings. The zero-order valence-corrected chi connectivity index (χ0v) is 7.47. The Bertz CT molecular complexity index is 252. The molecular formula is C11H14O. The van der Waals surface area contributed by atoms with Crippen LogP contribution in [0.3, 0.4) is 0 Å². The van der Waals surface area contributed by atoms with Crippen molar-refractivity contribution < 1.29 is 4.79 Å². The molecule has 1 aliphatic rings. The monoisotopic (exact) mass is 162 g/mol. The van der Waals surface area contributed by atoms with Gasteiger partial charge in [0.25, 0.3) is 0 Å². The lowest BCUT2D eigenvalue weighted by Crippen LogP contribution is -1.93. The highest BCUT2D eigenvalue weighted by molar-refractivity contribution is 5.63. The highest BCUT2D eigenvalue weighted by atomic mass is 16.1. The smallest absolute Gasteiger partial charge is 0.128 e. The van der Waals surface area contributed by atoms with Crippen LogP contribution in [0.15, 0.2) is 29.4 Å². The van der Waals surface area contributed by atoms with Gasteiger partial charge in [0.05, 0.1) is 0 Å². The van der Waals surface area contributed by atoms with E-state index < -0.39 is 0 Å². The van der Waals surface area contributed by atoms with Gasteiger partial charge in [-0.25, -0.2) is 4.79 Å². The third-order valence-corrected chi connectivity index (χ3v) is 2.07. The van der Waals surface area contributed by atoms with Crippen molar-refractivity contribution in [2.45, 2.75) is 32.6 Å². The second-order valence-corrected chi connectivity index (χ2v) is 3.01. The molecule has 0 atom stereocenters. The normalized spacial score (nSPS) is 15.8. The van der Waals surface area contributed by atoms with E-state index in [1.54, 1.807) is 0 Å². The Morgan fingerprint density at radius 3 is 3.08 bits per heavy atom. The Labute approximate surface area is 73.5 Å². The van der Waals surface area contributed by atoms with Crippen LogP contribution in [0.25, 0.3) is 0 Å². The number of rotatable bonds is 3. The minimum Gasteiger partial charge on any atom is -0.233 e. The molecule has 0 amide bonds. The van der Waals surface area contributed by atoms with Gasteiger partial charge in [-0.05, 0) is 18.4 Å². The average Bonchev–Trinajstić information content (AvgIpc) is 2.15. The van der Waals surface area contributed by atoms with Gasteiger partial charge in [0.1, 0.15) is 5.94 Å². The summed E-state index contributed by atoms with van der Waals surface area (Å²) in [7, 11) is 0. The first-order valence-corrected chi connectivity index (χ1v) is 4.48. The van der Waals surface area contributed by atoms with Gasteiger partial charge in [-0.3, -0.25) is 0 Å². The standard InChI is InChI=1S/C11H14O/c1-2-3-6-10-7-4-5-8-11(10)9-12/h4-5,7H,2-3,6,8H2,1H3. The molecule has 0 N–H and O–H groups in total. The van der Waals surface area contributed by atoms with Gasteiger partial charge >= 0.3 is 0 Å². The molecule has 1 aliphatic carbocycles. The molecule has 0 fully saturated rings. The Morgan fingerprint density at radius 1 is 1.58 bits per heavy atom. The molecule has 1 heteroatoms. The number of hydrogen-bond donors (Lipinski definition) is 0. The molecule has 12 heavy (non-hydrogen) atoms. The molecule has 0 heterocycles. The van der Waals surface area contributed by atoms with Crippen molar-refractivity contribution in [1.29, 1.82) is 0 Å². The summed E-state index contributed by atoms with van der Waals surface area (Å²) in [6.45, 7) is 2.16. The molecule has 1 rings (SSSR count). The van der Waals surface area contributed by atoms with Gasteiger partial charge in [0.2, 0.25) is 0 Å². The SMILES string of the molecule is CCCCC1=CC=CCC1=C=O. The van der Waals surface area contributed by atoms with E-state index in [0.29, 0.717) is 0 Å². The van der Waals surface area contributed by atoms with E-state index in [1.807, 2.05) is 24.2 Å². The number of carbonyl (C=O) groups excluding carboxylic acids is 1. The zero-order valence-electron chi connectivity index (χ0n) is 7.47. The van der Waals surface area contributed by atoms with Crippen LogP contribution in [-0.4, -0.2) is 5.94 Å². The van der Waals surface area contributed by atoms with E-state index in [2.05, 4.69) is 6.92 Å². The van der Waals surface area contributed by atoms with E-state index in [-0.39, 0.29) is 0 Å². The highest BCUT2D eigenvalue weighted by Crippen LogP contribution is 2.21. The third-order valence-electron chi connectivity index (χ3n) is 2.07. The summed E-state index contributed by atoms with van der Waals surface area (Å²) in [6.07, 6.45) is 10.2. The van der Waals surface area contributed by atoms with Gasteiger partial charge in [0.15, 0.2) is 0 Å². The lowest BCUT2D eigenvalue weighted by Gasteiger charge is -2.08. The predicted molar refractivity (Wildman–Crippen MR) is 50.6 cm³/mol. The fourth-order valence-corrected chi connectivity index (χ4v) is 1.31. The summed E-state index contributed by atoms with van der Waals surface area (Å²) in [5.74, 6) is 2.01. The maximum atomic E-state index is 10.5. The van der Waals surface area contributed by atoms with Crippen molar-refractivity contribution in [3.05, 3.63) is 29.4 Å². The van der Waals surface area contributed by atoms with Crippen LogP contribution >= 0.6 is 0 Å². The quantitative estimate of drug-likeness (QED) is 0.583. The summed E-state index contributed by atoms with van der Waals surface area (Å²) in [5.41, 5.74) is 2.01. The first-order valence-electron chi connectivity index (χ1n) is 4.48. The third kappa shape index (κ3) is 2.21. The summed E-state index contributed by atoms with van der Waals surface area (Å²) in [4.78, 5) is 10.5. The summed E-state index contributed by atoms with van der Waals surface area (Å²) < 4.78 is 0. The minimum absolute atomic E-state index is 0.763. The van der Waals surface area contributed by atoms with Crippen LogP contribution in [0.5, 0.6) is 0 Å². The van der Waals surface area contributed by atoms with Crippen molar-refractivity contribution in [1.82, 2.24) is 0 Å². The number of hydrogen-bond acceptors (Lipinski definition) is 1. The Balaban J connectivity index is 2.64. The van der Waals surface area contributed by atoms with Crippen molar-refractivity contribution in [3.8, 4) is 0 Å². The van der Waals surface area contributed by atoms with Crippen LogP contribution in [-0.2, 0) is 4.79 Å². The molecule has 0 aromatic carbocycles. The topological polar surface area (TPSA) is 17.1 Å². The molecule has 0 unspecified atom stereocenters. The molecule has 64 valence electrons. The second-order valence-electron chi connectivity index (χ2n) is 3.01. The van der Waals surface area contributed by atoms with Crippen LogP contribution < -0.4 is 0 Å². The molecule has 0 spiro atoms. The average molecular weight is 162 g/mol. The van der Waals surface area contributed by atoms with Crippen LogP contribution in [0.4, 0.5) is 0 Å². The molecule has 0 saturated carbocycles.